The lowest BCUT2D eigenvalue weighted by Crippen LogP contribution is -2.40. The summed E-state index contributed by atoms with van der Waals surface area (Å²) in [4.78, 5) is 7.81. The van der Waals surface area contributed by atoms with Crippen LogP contribution in [0.15, 0.2) is 24.4 Å². The number of anilines is 3. The van der Waals surface area contributed by atoms with Crippen LogP contribution in [0.1, 0.15) is 29.5 Å². The van der Waals surface area contributed by atoms with Crippen molar-refractivity contribution in [1.29, 1.82) is 0 Å². The average Bonchev–Trinajstić information content (AvgIpc) is 3.43. The molecule has 1 fully saturated rings. The first-order valence-electron chi connectivity index (χ1n) is 8.97. The standard InChI is InChI=1S/C17H19F3N6O2S/c18-17(19,20)14-8-22-16(25-15(14)23-12-3-4-12)24-13-2-1-11-9-26(29(21,27)28)6-5-10(11)7-13/h1-2,7-8,12H,3-6,9H2,(H2,21,27,28)(H2,22,23,24,25). The van der Waals surface area contributed by atoms with E-state index in [1.807, 2.05) is 6.07 Å². The fourth-order valence-corrected chi connectivity index (χ4v) is 3.80. The Kier molecular flexibility index (Phi) is 4.87. The number of nitrogens with zero attached hydrogens (tertiary/aromatic N) is 3. The van der Waals surface area contributed by atoms with Gasteiger partial charge in [-0.05, 0) is 42.5 Å². The summed E-state index contributed by atoms with van der Waals surface area (Å²) >= 11 is 0. The zero-order valence-electron chi connectivity index (χ0n) is 15.2. The zero-order chi connectivity index (χ0) is 20.8. The molecule has 29 heavy (non-hydrogen) atoms. The highest BCUT2D eigenvalue weighted by atomic mass is 32.2. The van der Waals surface area contributed by atoms with Crippen LogP contribution in [0.5, 0.6) is 0 Å². The summed E-state index contributed by atoms with van der Waals surface area (Å²) in [5, 5.41) is 10.9. The molecule has 0 amide bonds. The third kappa shape index (κ3) is 4.60. The Morgan fingerprint density at radius 1 is 1.21 bits per heavy atom. The minimum absolute atomic E-state index is 0.00404. The van der Waals surface area contributed by atoms with E-state index in [1.165, 1.54) is 4.31 Å². The Morgan fingerprint density at radius 3 is 2.62 bits per heavy atom. The van der Waals surface area contributed by atoms with Gasteiger partial charge < -0.3 is 10.6 Å². The molecule has 1 saturated carbocycles. The zero-order valence-corrected chi connectivity index (χ0v) is 16.0. The van der Waals surface area contributed by atoms with E-state index in [9.17, 15) is 21.6 Å². The Morgan fingerprint density at radius 2 is 1.97 bits per heavy atom. The molecular weight excluding hydrogens is 409 g/mol. The molecule has 12 heteroatoms. The number of nitrogens with two attached hydrogens (primary N) is 1. The quantitative estimate of drug-likeness (QED) is 0.674. The van der Waals surface area contributed by atoms with Gasteiger partial charge in [-0.2, -0.15) is 30.9 Å². The third-order valence-corrected chi connectivity index (χ3v) is 5.84. The predicted molar refractivity (Wildman–Crippen MR) is 101 cm³/mol. The molecule has 156 valence electrons. The average molecular weight is 428 g/mol. The molecule has 1 aromatic carbocycles. The Hall–Kier alpha value is -2.44. The minimum atomic E-state index is -4.54. The topological polar surface area (TPSA) is 113 Å². The van der Waals surface area contributed by atoms with E-state index < -0.39 is 21.9 Å². The molecule has 2 heterocycles. The van der Waals surface area contributed by atoms with Crippen LogP contribution in [0.2, 0.25) is 0 Å². The van der Waals surface area contributed by atoms with Gasteiger partial charge >= 0.3 is 6.18 Å². The molecule has 8 nitrogen and oxygen atoms in total. The van der Waals surface area contributed by atoms with Crippen LogP contribution < -0.4 is 15.8 Å². The van der Waals surface area contributed by atoms with Crippen molar-refractivity contribution < 1.29 is 21.6 Å². The smallest absolute Gasteiger partial charge is 0.367 e. The van der Waals surface area contributed by atoms with Gasteiger partial charge in [0.05, 0.1) is 0 Å². The van der Waals surface area contributed by atoms with Crippen LogP contribution in [0.3, 0.4) is 0 Å². The number of benzene rings is 1. The molecule has 0 spiro atoms. The van der Waals surface area contributed by atoms with E-state index in [4.69, 9.17) is 5.14 Å². The van der Waals surface area contributed by atoms with Crippen molar-refractivity contribution in [2.75, 3.05) is 17.2 Å². The van der Waals surface area contributed by atoms with Gasteiger partial charge in [0.1, 0.15) is 11.4 Å². The van der Waals surface area contributed by atoms with Crippen LogP contribution in [-0.4, -0.2) is 35.3 Å². The molecule has 4 N–H and O–H groups in total. The normalized spacial score (nSPS) is 17.7. The third-order valence-electron chi connectivity index (χ3n) is 4.81. The maximum absolute atomic E-state index is 13.2. The lowest BCUT2D eigenvalue weighted by atomic mass is 10.0. The SMILES string of the molecule is NS(=O)(=O)N1CCc2cc(Nc3ncc(C(F)(F)F)c(NC4CC4)n3)ccc2C1. The van der Waals surface area contributed by atoms with Crippen molar-refractivity contribution in [3.63, 3.8) is 0 Å². The highest BCUT2D eigenvalue weighted by molar-refractivity contribution is 7.86. The molecular formula is C17H19F3N6O2S. The maximum Gasteiger partial charge on any atom is 0.421 e. The minimum Gasteiger partial charge on any atom is -0.367 e. The second-order valence-corrected chi connectivity index (χ2v) is 8.66. The monoisotopic (exact) mass is 428 g/mol. The van der Waals surface area contributed by atoms with Crippen molar-refractivity contribution in [2.24, 2.45) is 5.14 Å². The molecule has 2 aliphatic rings. The van der Waals surface area contributed by atoms with Gasteiger partial charge in [-0.3, -0.25) is 0 Å². The lowest BCUT2D eigenvalue weighted by molar-refractivity contribution is -0.137. The van der Waals surface area contributed by atoms with Crippen LogP contribution in [0, 0.1) is 0 Å². The summed E-state index contributed by atoms with van der Waals surface area (Å²) in [7, 11) is -3.75. The van der Waals surface area contributed by atoms with Crippen molar-refractivity contribution in [3.8, 4) is 0 Å². The first kappa shape index (κ1) is 19.9. The van der Waals surface area contributed by atoms with Crippen molar-refractivity contribution >= 4 is 27.7 Å². The number of rotatable bonds is 5. The van der Waals surface area contributed by atoms with E-state index in [1.54, 1.807) is 12.1 Å². The van der Waals surface area contributed by atoms with Crippen LogP contribution >= 0.6 is 0 Å². The van der Waals surface area contributed by atoms with E-state index in [0.717, 1.165) is 30.2 Å². The molecule has 1 aromatic heterocycles. The number of aromatic nitrogens is 2. The second kappa shape index (κ2) is 7.11. The maximum atomic E-state index is 13.2. The molecule has 4 rings (SSSR count). The Bertz CT molecular complexity index is 1040. The first-order chi connectivity index (χ1) is 13.6. The molecule has 0 atom stereocenters. The fraction of sp³-hybridized carbons (Fsp3) is 0.412. The van der Waals surface area contributed by atoms with Crippen LogP contribution in [0.25, 0.3) is 0 Å². The summed E-state index contributed by atoms with van der Waals surface area (Å²) in [6, 6.07) is 5.26. The summed E-state index contributed by atoms with van der Waals surface area (Å²) in [6.07, 6.45) is -1.68. The van der Waals surface area contributed by atoms with Gasteiger partial charge in [-0.15, -0.1) is 0 Å². The summed E-state index contributed by atoms with van der Waals surface area (Å²) < 4.78 is 63.8. The van der Waals surface area contributed by atoms with Crippen molar-refractivity contribution in [3.05, 3.63) is 41.1 Å². The Balaban J connectivity index is 1.55. The number of hydrogen-bond donors (Lipinski definition) is 3. The molecule has 0 saturated heterocycles. The molecule has 1 aliphatic carbocycles. The molecule has 0 bridgehead atoms. The van der Waals surface area contributed by atoms with Crippen molar-refractivity contribution in [2.45, 2.75) is 38.0 Å². The lowest BCUT2D eigenvalue weighted by Gasteiger charge is -2.26. The number of halogens is 3. The van der Waals surface area contributed by atoms with E-state index in [-0.39, 0.29) is 30.9 Å². The van der Waals surface area contributed by atoms with Gasteiger partial charge in [0.25, 0.3) is 10.2 Å². The highest BCUT2D eigenvalue weighted by Gasteiger charge is 2.37. The molecule has 1 aliphatic heterocycles. The molecule has 2 aromatic rings. The number of nitrogens with one attached hydrogen (secondary N) is 2. The first-order valence-corrected chi connectivity index (χ1v) is 10.5. The van der Waals surface area contributed by atoms with Gasteiger partial charge in [0.15, 0.2) is 0 Å². The number of fused-ring (bicyclic) bond motifs is 1. The van der Waals surface area contributed by atoms with Gasteiger partial charge in [0, 0.05) is 31.0 Å². The summed E-state index contributed by atoms with van der Waals surface area (Å²) in [5.74, 6) is -0.192. The van der Waals surface area contributed by atoms with Crippen molar-refractivity contribution in [1.82, 2.24) is 14.3 Å². The summed E-state index contributed by atoms with van der Waals surface area (Å²) in [6.45, 7) is 0.447. The second-order valence-electron chi connectivity index (χ2n) is 7.11. The Labute approximate surface area is 165 Å². The fourth-order valence-electron chi connectivity index (χ4n) is 3.13. The van der Waals surface area contributed by atoms with Gasteiger partial charge in [0.2, 0.25) is 5.95 Å². The number of alkyl halides is 3. The van der Waals surface area contributed by atoms with Gasteiger partial charge in [-0.25, -0.2) is 10.1 Å². The van der Waals surface area contributed by atoms with Crippen LogP contribution in [-0.2, 0) is 29.4 Å². The van der Waals surface area contributed by atoms with Gasteiger partial charge in [-0.1, -0.05) is 6.07 Å². The largest absolute Gasteiger partial charge is 0.421 e. The van der Waals surface area contributed by atoms with Crippen LogP contribution in [0.4, 0.5) is 30.6 Å². The van der Waals surface area contributed by atoms with E-state index in [0.29, 0.717) is 12.1 Å². The molecule has 0 radical (unpaired) electrons. The molecule has 0 unspecified atom stereocenters. The number of hydrogen-bond acceptors (Lipinski definition) is 6. The highest BCUT2D eigenvalue weighted by Crippen LogP contribution is 2.36. The predicted octanol–water partition coefficient (Wildman–Crippen LogP) is 2.37. The van der Waals surface area contributed by atoms with E-state index in [2.05, 4.69) is 20.6 Å². The van der Waals surface area contributed by atoms with E-state index >= 15 is 0 Å². The summed E-state index contributed by atoms with van der Waals surface area (Å²) in [5.41, 5.74) is 1.45.